The van der Waals surface area contributed by atoms with E-state index in [1.807, 2.05) is 26.4 Å². The molecule has 0 saturated carbocycles. The largest absolute Gasteiger partial charge is 0.426 e. The highest BCUT2D eigenvalue weighted by Gasteiger charge is 2.26. The van der Waals surface area contributed by atoms with Crippen molar-refractivity contribution in [1.82, 2.24) is 0 Å². The molecule has 0 aliphatic rings. The molecule has 0 aliphatic carbocycles. The van der Waals surface area contributed by atoms with Gasteiger partial charge < -0.3 is 9.47 Å². The summed E-state index contributed by atoms with van der Waals surface area (Å²) in [6.07, 6.45) is 4.76. The Kier molecular flexibility index (Phi) is 11.5. The average molecular weight is 563 g/mol. The van der Waals surface area contributed by atoms with Gasteiger partial charge in [0.1, 0.15) is 11.5 Å². The molecule has 2 aromatic rings. The SMILES string of the molecule is CSCCC(=O)Oc1c(C)cc(Sc2cc(C)c(OC(=O)CCSC)c(C(C)(C)C)c2)cc1C(C)(C)C. The monoisotopic (exact) mass is 562 g/mol. The fourth-order valence-electron chi connectivity index (χ4n) is 3.82. The molecule has 204 valence electrons. The number of hydrogen-bond acceptors (Lipinski definition) is 7. The molecule has 0 amide bonds. The predicted octanol–water partition coefficient (Wildman–Crippen LogP) is 8.37. The zero-order chi connectivity index (χ0) is 28.0. The van der Waals surface area contributed by atoms with Gasteiger partial charge in [-0.1, -0.05) is 53.3 Å². The zero-order valence-electron chi connectivity index (χ0n) is 24.0. The molecule has 0 spiro atoms. The van der Waals surface area contributed by atoms with Gasteiger partial charge in [-0.05, 0) is 72.6 Å². The Hall–Kier alpha value is -1.57. The van der Waals surface area contributed by atoms with Crippen molar-refractivity contribution in [1.29, 1.82) is 0 Å². The summed E-state index contributed by atoms with van der Waals surface area (Å²) >= 11 is 4.95. The van der Waals surface area contributed by atoms with Gasteiger partial charge >= 0.3 is 11.9 Å². The van der Waals surface area contributed by atoms with Gasteiger partial charge in [0.2, 0.25) is 0 Å². The van der Waals surface area contributed by atoms with E-state index < -0.39 is 0 Å². The fraction of sp³-hybridized carbons (Fsp3) is 0.533. The molecule has 0 bridgehead atoms. The van der Waals surface area contributed by atoms with Crippen LogP contribution >= 0.6 is 35.3 Å². The molecular weight excluding hydrogens is 521 g/mol. The molecule has 0 heterocycles. The Morgan fingerprint density at radius 1 is 0.676 bits per heavy atom. The standard InChI is InChI=1S/C30H42O4S3/c1-19-15-21(17-23(29(3,4)5)27(19)33-25(31)11-13-35-9)37-22-16-20(2)28(24(18-22)30(6,7)8)34-26(32)12-14-36-10/h15-18H,11-14H2,1-10H3. The molecule has 0 aliphatic heterocycles. The molecule has 0 N–H and O–H groups in total. The van der Waals surface area contributed by atoms with Crippen LogP contribution in [0.25, 0.3) is 0 Å². The van der Waals surface area contributed by atoms with Gasteiger partial charge in [0.25, 0.3) is 0 Å². The van der Waals surface area contributed by atoms with Crippen molar-refractivity contribution in [2.75, 3.05) is 24.0 Å². The highest BCUT2D eigenvalue weighted by Crippen LogP contribution is 2.43. The van der Waals surface area contributed by atoms with Gasteiger partial charge in [-0.3, -0.25) is 9.59 Å². The third kappa shape index (κ3) is 9.29. The van der Waals surface area contributed by atoms with Crippen LogP contribution in [0.5, 0.6) is 11.5 Å². The van der Waals surface area contributed by atoms with Gasteiger partial charge in [0, 0.05) is 32.4 Å². The Bertz CT molecular complexity index is 1020. The number of carbonyl (C=O) groups excluding carboxylic acids is 2. The number of rotatable bonds is 10. The van der Waals surface area contributed by atoms with Crippen LogP contribution in [0.15, 0.2) is 34.1 Å². The maximum atomic E-state index is 12.4. The van der Waals surface area contributed by atoms with Crippen molar-refractivity contribution >= 4 is 47.2 Å². The summed E-state index contributed by atoms with van der Waals surface area (Å²) in [4.78, 5) is 27.0. The molecule has 0 unspecified atom stereocenters. The van der Waals surface area contributed by atoms with Crippen molar-refractivity contribution in [3.63, 3.8) is 0 Å². The molecule has 0 fully saturated rings. The minimum atomic E-state index is -0.198. The van der Waals surface area contributed by atoms with Crippen LogP contribution < -0.4 is 9.47 Å². The van der Waals surface area contributed by atoms with Crippen LogP contribution in [0.3, 0.4) is 0 Å². The minimum absolute atomic E-state index is 0.197. The van der Waals surface area contributed by atoms with Crippen molar-refractivity contribution < 1.29 is 19.1 Å². The van der Waals surface area contributed by atoms with Crippen LogP contribution in [0.4, 0.5) is 0 Å². The van der Waals surface area contributed by atoms with E-state index in [0.717, 1.165) is 43.6 Å². The van der Waals surface area contributed by atoms with Crippen molar-refractivity contribution in [2.24, 2.45) is 0 Å². The van der Waals surface area contributed by atoms with Crippen LogP contribution in [-0.2, 0) is 20.4 Å². The molecule has 2 aromatic carbocycles. The lowest BCUT2D eigenvalue weighted by atomic mass is 9.85. The maximum absolute atomic E-state index is 12.4. The van der Waals surface area contributed by atoms with Gasteiger partial charge in [-0.15, -0.1) is 0 Å². The highest BCUT2D eigenvalue weighted by atomic mass is 32.2. The molecule has 0 atom stereocenters. The average Bonchev–Trinajstić information content (AvgIpc) is 2.78. The fourth-order valence-corrected chi connectivity index (χ4v) is 5.66. The lowest BCUT2D eigenvalue weighted by Crippen LogP contribution is -2.18. The smallest absolute Gasteiger partial charge is 0.312 e. The Labute approximate surface area is 236 Å². The van der Waals surface area contributed by atoms with E-state index in [4.69, 9.17) is 9.47 Å². The third-order valence-electron chi connectivity index (χ3n) is 5.80. The first-order chi connectivity index (χ1) is 17.2. The summed E-state index contributed by atoms with van der Waals surface area (Å²) in [5, 5.41) is 0. The van der Waals surface area contributed by atoms with Crippen LogP contribution in [-0.4, -0.2) is 36.0 Å². The lowest BCUT2D eigenvalue weighted by molar-refractivity contribution is -0.134. The molecule has 0 aromatic heterocycles. The number of thioether (sulfide) groups is 2. The van der Waals surface area contributed by atoms with E-state index in [1.54, 1.807) is 35.3 Å². The van der Waals surface area contributed by atoms with Crippen molar-refractivity contribution in [3.05, 3.63) is 46.5 Å². The van der Waals surface area contributed by atoms with E-state index in [2.05, 4.69) is 65.8 Å². The number of aryl methyl sites for hydroxylation is 2. The summed E-state index contributed by atoms with van der Waals surface area (Å²) in [6, 6.07) is 8.44. The van der Waals surface area contributed by atoms with Crippen LogP contribution in [0.2, 0.25) is 0 Å². The second-order valence-corrected chi connectivity index (χ2v) is 14.4. The van der Waals surface area contributed by atoms with Gasteiger partial charge in [-0.2, -0.15) is 23.5 Å². The van der Waals surface area contributed by atoms with E-state index in [0.29, 0.717) is 24.3 Å². The third-order valence-corrected chi connectivity index (χ3v) is 7.97. The Balaban J connectivity index is 2.47. The van der Waals surface area contributed by atoms with E-state index in [9.17, 15) is 9.59 Å². The number of carbonyl (C=O) groups is 2. The van der Waals surface area contributed by atoms with Crippen LogP contribution in [0, 0.1) is 13.8 Å². The quantitative estimate of drug-likeness (QED) is 0.213. The Morgan fingerprint density at radius 2 is 1.03 bits per heavy atom. The summed E-state index contributed by atoms with van der Waals surface area (Å²) in [7, 11) is 0. The zero-order valence-corrected chi connectivity index (χ0v) is 26.4. The van der Waals surface area contributed by atoms with E-state index in [-0.39, 0.29) is 22.8 Å². The molecule has 0 radical (unpaired) electrons. The summed E-state index contributed by atoms with van der Waals surface area (Å²) in [5.74, 6) is 2.43. The number of esters is 2. The summed E-state index contributed by atoms with van der Waals surface area (Å²) < 4.78 is 11.7. The summed E-state index contributed by atoms with van der Waals surface area (Å²) in [6.45, 7) is 16.8. The second kappa shape index (κ2) is 13.5. The molecule has 0 saturated heterocycles. The van der Waals surface area contributed by atoms with E-state index >= 15 is 0 Å². The molecule has 2 rings (SSSR count). The van der Waals surface area contributed by atoms with E-state index in [1.165, 1.54) is 0 Å². The molecule has 37 heavy (non-hydrogen) atoms. The van der Waals surface area contributed by atoms with Crippen molar-refractivity contribution in [2.45, 2.75) is 88.9 Å². The van der Waals surface area contributed by atoms with Crippen molar-refractivity contribution in [3.8, 4) is 11.5 Å². The first-order valence-corrected chi connectivity index (χ1v) is 16.1. The second-order valence-electron chi connectivity index (χ2n) is 11.3. The first-order valence-electron chi connectivity index (χ1n) is 12.5. The lowest BCUT2D eigenvalue weighted by Gasteiger charge is -2.26. The maximum Gasteiger partial charge on any atom is 0.312 e. The molecular formula is C30H42O4S3. The first kappa shape index (κ1) is 31.6. The minimum Gasteiger partial charge on any atom is -0.426 e. The van der Waals surface area contributed by atoms with Gasteiger partial charge in [-0.25, -0.2) is 0 Å². The Morgan fingerprint density at radius 3 is 1.32 bits per heavy atom. The van der Waals surface area contributed by atoms with Gasteiger partial charge in [0.05, 0.1) is 12.8 Å². The normalized spacial score (nSPS) is 11.9. The number of benzene rings is 2. The number of ether oxygens (including phenoxy) is 2. The summed E-state index contributed by atoms with van der Waals surface area (Å²) in [5.41, 5.74) is 3.52. The molecule has 7 heteroatoms. The van der Waals surface area contributed by atoms with Gasteiger partial charge in [0.15, 0.2) is 0 Å². The highest BCUT2D eigenvalue weighted by molar-refractivity contribution is 7.99. The topological polar surface area (TPSA) is 52.6 Å². The predicted molar refractivity (Wildman–Crippen MR) is 161 cm³/mol. The molecule has 4 nitrogen and oxygen atoms in total. The number of hydrogen-bond donors (Lipinski definition) is 0. The van der Waals surface area contributed by atoms with Crippen LogP contribution in [0.1, 0.15) is 76.6 Å².